The summed E-state index contributed by atoms with van der Waals surface area (Å²) in [6.07, 6.45) is 2.59. The van der Waals surface area contributed by atoms with Gasteiger partial charge in [0.05, 0.1) is 11.3 Å². The first-order valence-electron chi connectivity index (χ1n) is 6.14. The molecule has 0 N–H and O–H groups in total. The number of para-hydroxylation sites is 1. The van der Waals surface area contributed by atoms with Gasteiger partial charge in [0.25, 0.3) is 0 Å². The minimum absolute atomic E-state index is 0.580. The molecule has 0 fully saturated rings. The summed E-state index contributed by atoms with van der Waals surface area (Å²) in [5.74, 6) is 0. The molecule has 98 valence electrons. The average Bonchev–Trinajstić information content (AvgIpc) is 2.93. The molecule has 0 amide bonds. The third kappa shape index (κ3) is 2.42. The van der Waals surface area contributed by atoms with Gasteiger partial charge in [0, 0.05) is 16.2 Å². The Labute approximate surface area is 125 Å². The van der Waals surface area contributed by atoms with Crippen LogP contribution < -0.4 is 0 Å². The number of rotatable bonds is 3. The van der Waals surface area contributed by atoms with E-state index in [1.165, 1.54) is 0 Å². The molecule has 0 radical (unpaired) electrons. The van der Waals surface area contributed by atoms with Crippen molar-refractivity contribution < 1.29 is 4.79 Å². The topological polar surface area (TPSA) is 34.9 Å². The molecule has 1 heterocycles. The van der Waals surface area contributed by atoms with E-state index < -0.39 is 0 Å². The molecule has 0 unspecified atom stereocenters. The van der Waals surface area contributed by atoms with Crippen molar-refractivity contribution in [3.63, 3.8) is 0 Å². The molecule has 0 atom stereocenters. The summed E-state index contributed by atoms with van der Waals surface area (Å²) in [5, 5.41) is 4.52. The van der Waals surface area contributed by atoms with Crippen molar-refractivity contribution in [1.29, 1.82) is 0 Å². The van der Waals surface area contributed by atoms with E-state index in [0.717, 1.165) is 22.0 Å². The predicted molar refractivity (Wildman–Crippen MR) is 82.1 cm³/mol. The van der Waals surface area contributed by atoms with Gasteiger partial charge < -0.3 is 0 Å². The zero-order chi connectivity index (χ0) is 13.9. The Morgan fingerprint density at radius 1 is 1.00 bits per heavy atom. The Morgan fingerprint density at radius 3 is 2.35 bits per heavy atom. The highest BCUT2D eigenvalue weighted by molar-refractivity contribution is 9.10. The molecule has 3 rings (SSSR count). The van der Waals surface area contributed by atoms with Crippen molar-refractivity contribution in [2.24, 2.45) is 0 Å². The summed E-state index contributed by atoms with van der Waals surface area (Å²) in [5.41, 5.74) is 3.12. The van der Waals surface area contributed by atoms with E-state index in [0.29, 0.717) is 11.3 Å². The van der Waals surface area contributed by atoms with Gasteiger partial charge in [0.1, 0.15) is 5.69 Å². The van der Waals surface area contributed by atoms with Crippen molar-refractivity contribution in [3.8, 4) is 16.9 Å². The van der Waals surface area contributed by atoms with Gasteiger partial charge in [0.15, 0.2) is 6.29 Å². The van der Waals surface area contributed by atoms with Gasteiger partial charge in [-0.15, -0.1) is 0 Å². The Bertz CT molecular complexity index is 733. The zero-order valence-corrected chi connectivity index (χ0v) is 12.1. The minimum Gasteiger partial charge on any atom is -0.298 e. The van der Waals surface area contributed by atoms with Crippen LogP contribution in [0.4, 0.5) is 0 Å². The van der Waals surface area contributed by atoms with Crippen LogP contribution in [0.25, 0.3) is 16.9 Å². The van der Waals surface area contributed by atoms with Crippen LogP contribution in [-0.2, 0) is 0 Å². The maximum atomic E-state index is 11.2. The Hall–Kier alpha value is -2.20. The molecule has 3 aromatic rings. The first-order valence-corrected chi connectivity index (χ1v) is 6.93. The number of hydrogen-bond acceptors (Lipinski definition) is 2. The molecule has 0 aliphatic heterocycles. The molecule has 3 nitrogen and oxygen atoms in total. The quantitative estimate of drug-likeness (QED) is 0.679. The minimum atomic E-state index is 0.580. The highest BCUT2D eigenvalue weighted by atomic mass is 79.9. The van der Waals surface area contributed by atoms with Crippen LogP contribution in [0.2, 0.25) is 0 Å². The second-order valence-corrected chi connectivity index (χ2v) is 5.25. The number of carbonyl (C=O) groups is 1. The van der Waals surface area contributed by atoms with E-state index in [-0.39, 0.29) is 0 Å². The molecule has 1 aromatic heterocycles. The lowest BCUT2D eigenvalue weighted by Gasteiger charge is -2.00. The van der Waals surface area contributed by atoms with E-state index in [9.17, 15) is 4.79 Å². The Balaban J connectivity index is 2.10. The number of halogens is 1. The largest absolute Gasteiger partial charge is 0.298 e. The van der Waals surface area contributed by atoms with E-state index in [1.807, 2.05) is 54.6 Å². The molecule has 0 saturated carbocycles. The van der Waals surface area contributed by atoms with Crippen LogP contribution in [0, 0.1) is 0 Å². The number of hydrogen-bond donors (Lipinski definition) is 0. The van der Waals surface area contributed by atoms with Crippen LogP contribution in [0.5, 0.6) is 0 Å². The highest BCUT2D eigenvalue weighted by Gasteiger charge is 2.11. The van der Waals surface area contributed by atoms with Gasteiger partial charge in [-0.25, -0.2) is 4.68 Å². The molecule has 0 bridgehead atoms. The van der Waals surface area contributed by atoms with Crippen molar-refractivity contribution in [2.75, 3.05) is 0 Å². The molecule has 0 spiro atoms. The van der Waals surface area contributed by atoms with Gasteiger partial charge in [0.2, 0.25) is 0 Å². The standard InChI is InChI=1S/C16H11BrN2O/c17-14-8-6-12(7-9-14)16-13(11-20)10-19(18-16)15-4-2-1-3-5-15/h1-11H. The molecule has 0 aliphatic carbocycles. The van der Waals surface area contributed by atoms with Crippen LogP contribution >= 0.6 is 15.9 Å². The number of carbonyl (C=O) groups excluding carboxylic acids is 1. The van der Waals surface area contributed by atoms with E-state index in [1.54, 1.807) is 10.9 Å². The summed E-state index contributed by atoms with van der Waals surface area (Å²) in [6.45, 7) is 0. The summed E-state index contributed by atoms with van der Waals surface area (Å²) < 4.78 is 2.72. The molecule has 2 aromatic carbocycles. The molecule has 4 heteroatoms. The van der Waals surface area contributed by atoms with Crippen molar-refractivity contribution in [1.82, 2.24) is 9.78 Å². The van der Waals surface area contributed by atoms with Gasteiger partial charge >= 0.3 is 0 Å². The van der Waals surface area contributed by atoms with Crippen LogP contribution in [-0.4, -0.2) is 16.1 Å². The van der Waals surface area contributed by atoms with Crippen molar-refractivity contribution in [2.45, 2.75) is 0 Å². The summed E-state index contributed by atoms with van der Waals surface area (Å²) in [6, 6.07) is 17.5. The normalized spacial score (nSPS) is 10.4. The van der Waals surface area contributed by atoms with Crippen LogP contribution in [0.3, 0.4) is 0 Å². The summed E-state index contributed by atoms with van der Waals surface area (Å²) in [7, 11) is 0. The fourth-order valence-corrected chi connectivity index (χ4v) is 2.28. The fourth-order valence-electron chi connectivity index (χ4n) is 2.02. The monoisotopic (exact) mass is 326 g/mol. The molecular weight excluding hydrogens is 316 g/mol. The second kappa shape index (κ2) is 5.43. The Morgan fingerprint density at radius 2 is 1.70 bits per heavy atom. The maximum absolute atomic E-state index is 11.2. The van der Waals surface area contributed by atoms with Crippen molar-refractivity contribution in [3.05, 3.63) is 70.8 Å². The van der Waals surface area contributed by atoms with Gasteiger partial charge in [-0.3, -0.25) is 4.79 Å². The number of benzene rings is 2. The third-order valence-electron chi connectivity index (χ3n) is 3.01. The molecule has 0 saturated heterocycles. The fraction of sp³-hybridized carbons (Fsp3) is 0. The summed E-state index contributed by atoms with van der Waals surface area (Å²) >= 11 is 3.40. The van der Waals surface area contributed by atoms with E-state index >= 15 is 0 Å². The number of nitrogens with zero attached hydrogens (tertiary/aromatic N) is 2. The van der Waals surface area contributed by atoms with Gasteiger partial charge in [-0.1, -0.05) is 46.3 Å². The highest BCUT2D eigenvalue weighted by Crippen LogP contribution is 2.24. The van der Waals surface area contributed by atoms with E-state index in [2.05, 4.69) is 21.0 Å². The van der Waals surface area contributed by atoms with Gasteiger partial charge in [-0.2, -0.15) is 5.10 Å². The van der Waals surface area contributed by atoms with E-state index in [4.69, 9.17) is 0 Å². The average molecular weight is 327 g/mol. The lowest BCUT2D eigenvalue weighted by Crippen LogP contribution is -1.93. The SMILES string of the molecule is O=Cc1cn(-c2ccccc2)nc1-c1ccc(Br)cc1. The first kappa shape index (κ1) is 12.8. The zero-order valence-electron chi connectivity index (χ0n) is 10.5. The number of aromatic nitrogens is 2. The van der Waals surface area contributed by atoms with Crippen LogP contribution in [0.1, 0.15) is 10.4 Å². The molecule has 20 heavy (non-hydrogen) atoms. The van der Waals surface area contributed by atoms with Crippen LogP contribution in [0.15, 0.2) is 65.3 Å². The molecular formula is C16H11BrN2O. The molecule has 0 aliphatic rings. The maximum Gasteiger partial charge on any atom is 0.153 e. The lowest BCUT2D eigenvalue weighted by molar-refractivity contribution is 0.112. The summed E-state index contributed by atoms with van der Waals surface area (Å²) in [4.78, 5) is 11.2. The van der Waals surface area contributed by atoms with Gasteiger partial charge in [-0.05, 0) is 24.3 Å². The lowest BCUT2D eigenvalue weighted by atomic mass is 10.1. The number of aldehydes is 1. The third-order valence-corrected chi connectivity index (χ3v) is 3.54. The van der Waals surface area contributed by atoms with Crippen molar-refractivity contribution >= 4 is 22.2 Å². The smallest absolute Gasteiger partial charge is 0.153 e. The Kier molecular flexibility index (Phi) is 3.48. The predicted octanol–water partition coefficient (Wildman–Crippen LogP) is 4.11. The second-order valence-electron chi connectivity index (χ2n) is 4.34. The first-order chi connectivity index (χ1) is 9.78.